The van der Waals surface area contributed by atoms with E-state index >= 15 is 0 Å². The minimum Gasteiger partial charge on any atom is -0.445 e. The third kappa shape index (κ3) is 14.7. The number of ether oxygens (including phenoxy) is 1. The molecule has 0 heterocycles. The second kappa shape index (κ2) is 17.4. The Morgan fingerprint density at radius 3 is 2.00 bits per heavy atom. The fourth-order valence-corrected chi connectivity index (χ4v) is 3.55. The van der Waals surface area contributed by atoms with Crippen molar-refractivity contribution in [2.75, 3.05) is 0 Å². The Labute approximate surface area is 193 Å². The summed E-state index contributed by atoms with van der Waals surface area (Å²) < 4.78 is 5.20. The van der Waals surface area contributed by atoms with E-state index in [-0.39, 0.29) is 18.2 Å². The molecular formula is C26H41NO5. The van der Waals surface area contributed by atoms with Crippen molar-refractivity contribution in [2.45, 2.75) is 110 Å². The molecule has 0 saturated carbocycles. The summed E-state index contributed by atoms with van der Waals surface area (Å²) in [4.78, 5) is 35.1. The number of amides is 1. The van der Waals surface area contributed by atoms with Gasteiger partial charge in [0, 0.05) is 19.3 Å². The summed E-state index contributed by atoms with van der Waals surface area (Å²) in [5.41, 5.74) is 0.888. The number of rotatable bonds is 18. The fourth-order valence-electron chi connectivity index (χ4n) is 3.55. The van der Waals surface area contributed by atoms with Crippen molar-refractivity contribution in [3.63, 3.8) is 0 Å². The molecule has 0 saturated heterocycles. The lowest BCUT2D eigenvalue weighted by Crippen LogP contribution is -2.42. The van der Waals surface area contributed by atoms with Crippen molar-refractivity contribution in [2.24, 2.45) is 0 Å². The number of unbranched alkanes of at least 4 members (excludes halogenated alkanes) is 7. The number of hydrogen-bond donors (Lipinski definition) is 2. The molecule has 1 amide bonds. The first-order valence-electron chi connectivity index (χ1n) is 12.0. The lowest BCUT2D eigenvalue weighted by molar-refractivity contribution is -0.119. The van der Waals surface area contributed by atoms with Gasteiger partial charge < -0.3 is 20.0 Å². The Morgan fingerprint density at radius 2 is 1.44 bits per heavy atom. The van der Waals surface area contributed by atoms with Crippen LogP contribution in [-0.2, 0) is 20.9 Å². The van der Waals surface area contributed by atoms with E-state index in [1.54, 1.807) is 13.8 Å². The molecule has 2 atom stereocenters. The molecule has 1 aromatic rings. The van der Waals surface area contributed by atoms with E-state index < -0.39 is 18.2 Å². The van der Waals surface area contributed by atoms with Gasteiger partial charge in [0.1, 0.15) is 18.2 Å². The molecule has 1 aromatic carbocycles. The molecule has 0 bridgehead atoms. The van der Waals surface area contributed by atoms with Gasteiger partial charge in [-0.15, -0.1) is 0 Å². The van der Waals surface area contributed by atoms with Gasteiger partial charge in [0.05, 0.1) is 12.1 Å². The molecule has 1 rings (SSSR count). The van der Waals surface area contributed by atoms with Crippen LogP contribution in [0.1, 0.15) is 96.5 Å². The zero-order valence-electron chi connectivity index (χ0n) is 19.8. The third-order valence-corrected chi connectivity index (χ3v) is 5.57. The minimum atomic E-state index is -0.762. The number of carbonyl (C=O) groups is 3. The Balaban J connectivity index is 2.10. The molecular weight excluding hydrogens is 406 g/mol. The third-order valence-electron chi connectivity index (χ3n) is 5.57. The van der Waals surface area contributed by atoms with Crippen LogP contribution in [0, 0.1) is 0 Å². The zero-order chi connectivity index (χ0) is 23.6. The van der Waals surface area contributed by atoms with E-state index in [4.69, 9.17) is 4.74 Å². The lowest BCUT2D eigenvalue weighted by atomic mass is 10.0. The number of Topliss-reactive ketones (excluding diaryl/α,β-unsaturated/α-hetero) is 2. The van der Waals surface area contributed by atoms with E-state index in [9.17, 15) is 19.5 Å². The highest BCUT2D eigenvalue weighted by atomic mass is 16.5. The van der Waals surface area contributed by atoms with Crippen molar-refractivity contribution in [3.05, 3.63) is 35.9 Å². The molecule has 6 nitrogen and oxygen atoms in total. The molecule has 0 spiro atoms. The molecule has 0 aromatic heterocycles. The van der Waals surface area contributed by atoms with Crippen LogP contribution in [0.4, 0.5) is 4.79 Å². The highest BCUT2D eigenvalue weighted by Gasteiger charge is 2.19. The molecule has 0 fully saturated rings. The molecule has 0 unspecified atom stereocenters. The van der Waals surface area contributed by atoms with Gasteiger partial charge in [-0.1, -0.05) is 68.9 Å². The van der Waals surface area contributed by atoms with Crippen LogP contribution in [0.3, 0.4) is 0 Å². The number of nitrogens with one attached hydrogen (secondary N) is 1. The van der Waals surface area contributed by atoms with E-state index in [1.165, 1.54) is 19.3 Å². The second-order valence-corrected chi connectivity index (χ2v) is 8.66. The Kier molecular flexibility index (Phi) is 15.1. The smallest absolute Gasteiger partial charge is 0.407 e. The van der Waals surface area contributed by atoms with Gasteiger partial charge in [0.15, 0.2) is 0 Å². The maximum absolute atomic E-state index is 12.2. The van der Waals surface area contributed by atoms with Crippen LogP contribution in [0.5, 0.6) is 0 Å². The first kappa shape index (κ1) is 27.8. The molecule has 0 radical (unpaired) electrons. The average Bonchev–Trinajstić information content (AvgIpc) is 2.76. The van der Waals surface area contributed by atoms with Gasteiger partial charge in [-0.2, -0.15) is 0 Å². The van der Waals surface area contributed by atoms with E-state index in [0.29, 0.717) is 25.7 Å². The largest absolute Gasteiger partial charge is 0.445 e. The second-order valence-electron chi connectivity index (χ2n) is 8.66. The SMILES string of the molecule is CC(=O)CCCCCCCCCCC(=O)CC[C@@H](NC(=O)OCc1ccccc1)[C@@H](C)O. The first-order chi connectivity index (χ1) is 15.4. The molecule has 32 heavy (non-hydrogen) atoms. The molecule has 2 N–H and O–H groups in total. The van der Waals surface area contributed by atoms with Crippen molar-refractivity contribution >= 4 is 17.7 Å². The van der Waals surface area contributed by atoms with Crippen molar-refractivity contribution in [1.82, 2.24) is 5.32 Å². The highest BCUT2D eigenvalue weighted by Crippen LogP contribution is 2.13. The molecule has 0 aliphatic heterocycles. The monoisotopic (exact) mass is 447 g/mol. The lowest BCUT2D eigenvalue weighted by Gasteiger charge is -2.21. The summed E-state index contributed by atoms with van der Waals surface area (Å²) in [5.74, 6) is 0.438. The van der Waals surface area contributed by atoms with Crippen LogP contribution in [-0.4, -0.2) is 34.9 Å². The predicted octanol–water partition coefficient (Wildman–Crippen LogP) is 5.50. The summed E-state index contributed by atoms with van der Waals surface area (Å²) in [6.45, 7) is 3.41. The fraction of sp³-hybridized carbons (Fsp3) is 0.654. The Morgan fingerprint density at radius 1 is 0.875 bits per heavy atom. The Hall–Kier alpha value is -2.21. The Bertz CT molecular complexity index is 659. The maximum atomic E-state index is 12.2. The topological polar surface area (TPSA) is 92.7 Å². The van der Waals surface area contributed by atoms with E-state index in [2.05, 4.69) is 5.32 Å². The number of aliphatic hydroxyl groups excluding tert-OH is 1. The maximum Gasteiger partial charge on any atom is 0.407 e. The first-order valence-corrected chi connectivity index (χ1v) is 12.0. The summed E-state index contributed by atoms with van der Waals surface area (Å²) in [7, 11) is 0. The number of ketones is 2. The number of benzene rings is 1. The molecule has 6 heteroatoms. The molecule has 0 aliphatic rings. The van der Waals surface area contributed by atoms with Crippen LogP contribution in [0.2, 0.25) is 0 Å². The van der Waals surface area contributed by atoms with Crippen LogP contribution in [0.25, 0.3) is 0 Å². The standard InChI is InChI=1S/C26H41NO5/c1-21(28)14-10-7-5-3-4-6-8-13-17-24(30)18-19-25(22(2)29)27-26(31)32-20-23-15-11-9-12-16-23/h9,11-12,15-16,22,25,29H,3-8,10,13-14,17-20H2,1-2H3,(H,27,31)/t22-,25-/m1/s1. The number of carbonyl (C=O) groups excluding carboxylic acids is 3. The van der Waals surface area contributed by atoms with Crippen molar-refractivity contribution < 1.29 is 24.2 Å². The van der Waals surface area contributed by atoms with Gasteiger partial charge >= 0.3 is 6.09 Å². The predicted molar refractivity (Wildman–Crippen MR) is 126 cm³/mol. The normalized spacial score (nSPS) is 12.7. The molecule has 180 valence electrons. The van der Waals surface area contributed by atoms with Crippen molar-refractivity contribution in [1.29, 1.82) is 0 Å². The van der Waals surface area contributed by atoms with Gasteiger partial charge in [0.25, 0.3) is 0 Å². The van der Waals surface area contributed by atoms with Gasteiger partial charge in [-0.25, -0.2) is 4.79 Å². The summed E-state index contributed by atoms with van der Waals surface area (Å²) in [5, 5.41) is 12.6. The summed E-state index contributed by atoms with van der Waals surface area (Å²) in [6.07, 6.45) is 9.34. The van der Waals surface area contributed by atoms with Crippen molar-refractivity contribution in [3.8, 4) is 0 Å². The van der Waals surface area contributed by atoms with E-state index in [1.807, 2.05) is 30.3 Å². The van der Waals surface area contributed by atoms with Gasteiger partial charge in [-0.3, -0.25) is 4.79 Å². The van der Waals surface area contributed by atoms with Gasteiger partial charge in [0.2, 0.25) is 0 Å². The van der Waals surface area contributed by atoms with Gasteiger partial charge in [-0.05, 0) is 38.7 Å². The van der Waals surface area contributed by atoms with Crippen LogP contribution < -0.4 is 5.32 Å². The van der Waals surface area contributed by atoms with Crippen LogP contribution in [0.15, 0.2) is 30.3 Å². The number of alkyl carbamates (subject to hydrolysis) is 1. The zero-order valence-corrected chi connectivity index (χ0v) is 19.8. The van der Waals surface area contributed by atoms with E-state index in [0.717, 1.165) is 37.7 Å². The molecule has 0 aliphatic carbocycles. The average molecular weight is 448 g/mol. The summed E-state index contributed by atoms with van der Waals surface area (Å²) in [6, 6.07) is 8.87. The summed E-state index contributed by atoms with van der Waals surface area (Å²) >= 11 is 0. The van der Waals surface area contributed by atoms with Crippen LogP contribution >= 0.6 is 0 Å². The number of hydrogen-bond acceptors (Lipinski definition) is 5. The quantitative estimate of drug-likeness (QED) is 0.290. The number of aliphatic hydroxyl groups is 1. The highest BCUT2D eigenvalue weighted by molar-refractivity contribution is 5.78. The minimum absolute atomic E-state index is 0.163.